The Labute approximate surface area is 218 Å². The molecule has 6 nitrogen and oxygen atoms in total. The average Bonchev–Trinajstić information content (AvgIpc) is 3.44. The van der Waals surface area contributed by atoms with Gasteiger partial charge in [-0.15, -0.1) is 0 Å². The summed E-state index contributed by atoms with van der Waals surface area (Å²) in [4.78, 5) is 29.2. The van der Waals surface area contributed by atoms with Crippen LogP contribution >= 0.6 is 0 Å². The third-order valence-corrected chi connectivity index (χ3v) is 13.2. The third kappa shape index (κ3) is 2.96. The van der Waals surface area contributed by atoms with Crippen molar-refractivity contribution in [3.05, 3.63) is 0 Å². The van der Waals surface area contributed by atoms with Crippen LogP contribution < -0.4 is 5.32 Å². The normalized spacial score (nSPS) is 52.3. The first-order valence-electron chi connectivity index (χ1n) is 14.5. The molecule has 0 radical (unpaired) electrons. The van der Waals surface area contributed by atoms with Gasteiger partial charge in [0.2, 0.25) is 5.91 Å². The van der Waals surface area contributed by atoms with Crippen molar-refractivity contribution in [2.75, 3.05) is 20.7 Å². The van der Waals surface area contributed by atoms with Gasteiger partial charge >= 0.3 is 0 Å². The number of fused-ring (bicyclic) bond motifs is 2. The lowest BCUT2D eigenvalue weighted by atomic mass is 9.41. The summed E-state index contributed by atoms with van der Waals surface area (Å²) in [7, 11) is 4.16. The van der Waals surface area contributed by atoms with Crippen LogP contribution in [0.4, 0.5) is 0 Å². The molecular formula is C30H50N2O4. The van der Waals surface area contributed by atoms with Gasteiger partial charge in [0.15, 0.2) is 0 Å². The number of nitrogens with zero attached hydrogens (tertiary/aromatic N) is 1. The zero-order valence-electron chi connectivity index (χ0n) is 23.9. The molecule has 0 saturated heterocycles. The number of amides is 1. The second kappa shape index (κ2) is 8.02. The summed E-state index contributed by atoms with van der Waals surface area (Å²) in [5.74, 6) is 0.982. The summed E-state index contributed by atoms with van der Waals surface area (Å²) in [5.41, 5.74) is -1.10. The smallest absolute Gasteiger partial charge is 0.222 e. The van der Waals surface area contributed by atoms with E-state index >= 15 is 0 Å². The molecule has 5 aliphatic carbocycles. The number of ketones is 1. The second-order valence-electron chi connectivity index (χ2n) is 14.8. The molecule has 1 amide bonds. The topological polar surface area (TPSA) is 89.9 Å². The first-order valence-corrected chi connectivity index (χ1v) is 14.5. The molecule has 0 heterocycles. The monoisotopic (exact) mass is 502 g/mol. The van der Waals surface area contributed by atoms with Crippen molar-refractivity contribution in [1.82, 2.24) is 10.2 Å². The molecule has 5 rings (SSSR count). The molecule has 5 aliphatic rings. The number of aliphatic hydroxyl groups is 2. The Bertz CT molecular complexity index is 951. The van der Waals surface area contributed by atoms with E-state index in [2.05, 4.69) is 52.0 Å². The van der Waals surface area contributed by atoms with Crippen LogP contribution in [0.5, 0.6) is 0 Å². The molecule has 0 aromatic rings. The van der Waals surface area contributed by atoms with E-state index in [1.807, 2.05) is 13.8 Å². The summed E-state index contributed by atoms with van der Waals surface area (Å²) >= 11 is 0. The molecule has 0 aromatic carbocycles. The molecule has 5 fully saturated rings. The fourth-order valence-electron chi connectivity index (χ4n) is 11.0. The summed E-state index contributed by atoms with van der Waals surface area (Å²) in [6.07, 6.45) is 5.60. The minimum absolute atomic E-state index is 0.0352. The van der Waals surface area contributed by atoms with Crippen LogP contribution in [0.25, 0.3) is 0 Å². The van der Waals surface area contributed by atoms with Gasteiger partial charge in [0.05, 0.1) is 12.7 Å². The standard InChI is InChI=1S/C30H50N2O4/c1-17(2)25(36)31-22-11-12-29-15-30(29)21(10-9-20(29)26(22,4)16-33)27(5)13-19(34)24(18(3)32(7)8)28(27,6)14-23(30)35/h17-22,24,33-34H,9-16H2,1-8H3,(H,31,36)/t18-,19+,20?,21?,22-,24-,26-,27-,28+,29?,30-/m0/s1. The molecule has 0 aliphatic heterocycles. The zero-order chi connectivity index (χ0) is 26.6. The van der Waals surface area contributed by atoms with Gasteiger partial charge in [-0.05, 0) is 87.6 Å². The van der Waals surface area contributed by atoms with Crippen molar-refractivity contribution in [1.29, 1.82) is 0 Å². The highest BCUT2D eigenvalue weighted by molar-refractivity contribution is 5.92. The van der Waals surface area contributed by atoms with Gasteiger partial charge in [-0.3, -0.25) is 9.59 Å². The van der Waals surface area contributed by atoms with E-state index in [0.717, 1.165) is 38.5 Å². The SMILES string of the molecule is CC(C)C(=O)N[C@H]1CCC23C[C@]24C(=O)C[C@]2(C)[C@@H]([C@H](C)N(C)C)[C@H](O)C[C@@]2(C)C4CCC3[C@]1(C)CO. The van der Waals surface area contributed by atoms with Crippen molar-refractivity contribution in [3.8, 4) is 0 Å². The first-order chi connectivity index (χ1) is 16.7. The van der Waals surface area contributed by atoms with Crippen LogP contribution in [0.15, 0.2) is 0 Å². The molecule has 36 heavy (non-hydrogen) atoms. The quantitative estimate of drug-likeness (QED) is 0.534. The van der Waals surface area contributed by atoms with Crippen LogP contribution in [-0.4, -0.2) is 65.7 Å². The molecule has 0 bridgehead atoms. The number of carbonyl (C=O) groups is 2. The number of Topliss-reactive ketones (excluding diaryl/α,β-unsaturated/α-hetero) is 1. The van der Waals surface area contributed by atoms with E-state index in [-0.39, 0.29) is 69.9 Å². The molecule has 2 spiro atoms. The van der Waals surface area contributed by atoms with E-state index in [4.69, 9.17) is 0 Å². The Morgan fingerprint density at radius 3 is 2.31 bits per heavy atom. The third-order valence-electron chi connectivity index (χ3n) is 13.2. The summed E-state index contributed by atoms with van der Waals surface area (Å²) < 4.78 is 0. The predicted molar refractivity (Wildman–Crippen MR) is 140 cm³/mol. The zero-order valence-corrected chi connectivity index (χ0v) is 23.9. The van der Waals surface area contributed by atoms with E-state index in [1.165, 1.54) is 0 Å². The van der Waals surface area contributed by atoms with Gasteiger partial charge in [0.1, 0.15) is 5.78 Å². The van der Waals surface area contributed by atoms with Gasteiger partial charge < -0.3 is 20.4 Å². The fraction of sp³-hybridized carbons (Fsp3) is 0.933. The van der Waals surface area contributed by atoms with Gasteiger partial charge in [-0.2, -0.15) is 0 Å². The highest BCUT2D eigenvalue weighted by atomic mass is 16.3. The number of aliphatic hydroxyl groups excluding tert-OH is 2. The van der Waals surface area contributed by atoms with Crippen LogP contribution in [-0.2, 0) is 9.59 Å². The van der Waals surface area contributed by atoms with Crippen LogP contribution in [0.3, 0.4) is 0 Å². The highest BCUT2D eigenvalue weighted by Gasteiger charge is 2.86. The maximum atomic E-state index is 14.4. The fourth-order valence-corrected chi connectivity index (χ4v) is 11.0. The van der Waals surface area contributed by atoms with E-state index in [1.54, 1.807) is 0 Å². The average molecular weight is 503 g/mol. The predicted octanol–water partition coefficient (Wildman–Crippen LogP) is 3.64. The molecule has 11 atom stereocenters. The van der Waals surface area contributed by atoms with E-state index < -0.39 is 11.5 Å². The minimum atomic E-state index is -0.420. The van der Waals surface area contributed by atoms with Crippen molar-refractivity contribution < 1.29 is 19.8 Å². The Morgan fingerprint density at radius 2 is 1.72 bits per heavy atom. The number of hydrogen-bond donors (Lipinski definition) is 3. The summed E-state index contributed by atoms with van der Waals surface area (Å²) in [5, 5.41) is 25.5. The molecular weight excluding hydrogens is 452 g/mol. The summed E-state index contributed by atoms with van der Waals surface area (Å²) in [6.45, 7) is 12.9. The summed E-state index contributed by atoms with van der Waals surface area (Å²) in [6, 6.07) is 0.149. The minimum Gasteiger partial charge on any atom is -0.396 e. The Kier molecular flexibility index (Phi) is 5.93. The molecule has 204 valence electrons. The van der Waals surface area contributed by atoms with Gasteiger partial charge in [-0.25, -0.2) is 0 Å². The highest BCUT2D eigenvalue weighted by Crippen LogP contribution is 2.87. The molecule has 3 unspecified atom stereocenters. The Balaban J connectivity index is 1.51. The van der Waals surface area contributed by atoms with Gasteiger partial charge in [-0.1, -0.05) is 34.6 Å². The Morgan fingerprint density at radius 1 is 1.08 bits per heavy atom. The molecule has 6 heteroatoms. The largest absolute Gasteiger partial charge is 0.396 e. The number of carbonyl (C=O) groups excluding carboxylic acids is 2. The van der Waals surface area contributed by atoms with Crippen LogP contribution in [0.2, 0.25) is 0 Å². The lowest BCUT2D eigenvalue weighted by Crippen LogP contribution is -2.64. The lowest BCUT2D eigenvalue weighted by molar-refractivity contribution is -0.173. The van der Waals surface area contributed by atoms with Gasteiger partial charge in [0.25, 0.3) is 0 Å². The second-order valence-corrected chi connectivity index (χ2v) is 14.8. The van der Waals surface area contributed by atoms with Crippen molar-refractivity contribution in [2.24, 2.45) is 50.7 Å². The van der Waals surface area contributed by atoms with Crippen molar-refractivity contribution >= 4 is 11.7 Å². The van der Waals surface area contributed by atoms with Crippen LogP contribution in [0.1, 0.15) is 86.5 Å². The van der Waals surface area contributed by atoms with Crippen molar-refractivity contribution in [3.63, 3.8) is 0 Å². The van der Waals surface area contributed by atoms with E-state index in [0.29, 0.717) is 12.2 Å². The van der Waals surface area contributed by atoms with Crippen molar-refractivity contribution in [2.45, 2.75) is 105 Å². The number of rotatable bonds is 5. The first kappa shape index (κ1) is 26.6. The van der Waals surface area contributed by atoms with E-state index in [9.17, 15) is 19.8 Å². The number of hydrogen-bond acceptors (Lipinski definition) is 5. The lowest BCUT2D eigenvalue weighted by Gasteiger charge is -2.63. The van der Waals surface area contributed by atoms with Crippen LogP contribution in [0, 0.1) is 50.7 Å². The number of nitrogens with one attached hydrogen (secondary N) is 1. The Hall–Kier alpha value is -0.980. The van der Waals surface area contributed by atoms with Gasteiger partial charge in [0, 0.05) is 41.2 Å². The maximum Gasteiger partial charge on any atom is 0.222 e. The molecule has 5 saturated carbocycles. The molecule has 0 aromatic heterocycles. The molecule has 3 N–H and O–H groups in total. The maximum absolute atomic E-state index is 14.4.